The Kier molecular flexibility index (Phi) is 6.36. The van der Waals surface area contributed by atoms with Crippen LogP contribution in [0.15, 0.2) is 41.5 Å². The van der Waals surface area contributed by atoms with Crippen LogP contribution in [-0.4, -0.2) is 35.2 Å². The third-order valence-electron chi connectivity index (χ3n) is 3.57. The fraction of sp³-hybridized carbons (Fsp3) is 0.353. The molecule has 1 aromatic heterocycles. The zero-order valence-electron chi connectivity index (χ0n) is 14.3. The first kappa shape index (κ1) is 17.5. The van der Waals surface area contributed by atoms with Crippen molar-refractivity contribution in [3.05, 3.63) is 53.3 Å². The van der Waals surface area contributed by atoms with E-state index in [0.29, 0.717) is 31.2 Å². The number of amides is 1. The number of benzene rings is 1. The molecule has 1 aromatic carbocycles. The molecule has 0 fully saturated rings. The first-order valence-corrected chi connectivity index (χ1v) is 7.92. The molecule has 0 aliphatic rings. The van der Waals surface area contributed by atoms with Gasteiger partial charge in [0.2, 0.25) is 0 Å². The summed E-state index contributed by atoms with van der Waals surface area (Å²) in [6.45, 7) is 3.74. The van der Waals surface area contributed by atoms with Gasteiger partial charge in [-0.2, -0.15) is 5.10 Å². The minimum atomic E-state index is -0.0573. The predicted octanol–water partition coefficient (Wildman–Crippen LogP) is 1.04. The first-order valence-electron chi connectivity index (χ1n) is 7.92. The molecular formula is C17H24N6O. The van der Waals surface area contributed by atoms with Gasteiger partial charge in [-0.15, -0.1) is 0 Å². The second-order valence-corrected chi connectivity index (χ2v) is 5.29. The number of rotatable bonds is 6. The average molecular weight is 328 g/mol. The molecule has 0 bridgehead atoms. The van der Waals surface area contributed by atoms with Crippen molar-refractivity contribution in [1.29, 1.82) is 0 Å². The van der Waals surface area contributed by atoms with Gasteiger partial charge in [0.05, 0.1) is 12.2 Å². The van der Waals surface area contributed by atoms with Gasteiger partial charge in [0.25, 0.3) is 5.91 Å². The van der Waals surface area contributed by atoms with E-state index >= 15 is 0 Å². The molecule has 7 nitrogen and oxygen atoms in total. The van der Waals surface area contributed by atoms with Gasteiger partial charge >= 0.3 is 0 Å². The topological polar surface area (TPSA) is 83.3 Å². The zero-order chi connectivity index (χ0) is 17.4. The largest absolute Gasteiger partial charge is 0.352 e. The SMILES string of the molecule is CCNC(=O)c1cccc(CNC(=NC)NCc2ccnn2C)c1. The summed E-state index contributed by atoms with van der Waals surface area (Å²) in [6, 6.07) is 9.50. The molecule has 3 N–H and O–H groups in total. The molecule has 0 aliphatic heterocycles. The molecular weight excluding hydrogens is 304 g/mol. The Morgan fingerprint density at radius 3 is 2.67 bits per heavy atom. The van der Waals surface area contributed by atoms with Crippen LogP contribution in [0.1, 0.15) is 28.5 Å². The standard InChI is InChI=1S/C17H24N6O/c1-4-19-16(24)14-7-5-6-13(10-14)11-20-17(18-2)21-12-15-8-9-22-23(15)3/h5-10H,4,11-12H2,1-3H3,(H,19,24)(H2,18,20,21). The summed E-state index contributed by atoms with van der Waals surface area (Å²) in [6.07, 6.45) is 1.76. The highest BCUT2D eigenvalue weighted by Crippen LogP contribution is 2.05. The lowest BCUT2D eigenvalue weighted by Crippen LogP contribution is -2.36. The Hall–Kier alpha value is -2.83. The summed E-state index contributed by atoms with van der Waals surface area (Å²) in [7, 11) is 3.63. The summed E-state index contributed by atoms with van der Waals surface area (Å²) >= 11 is 0. The monoisotopic (exact) mass is 328 g/mol. The molecule has 0 atom stereocenters. The molecule has 0 unspecified atom stereocenters. The van der Waals surface area contributed by atoms with E-state index in [1.807, 2.05) is 49.0 Å². The summed E-state index contributed by atoms with van der Waals surface area (Å²) in [5.41, 5.74) is 2.74. The normalized spacial score (nSPS) is 11.2. The average Bonchev–Trinajstić information content (AvgIpc) is 3.00. The number of hydrogen-bond acceptors (Lipinski definition) is 3. The highest BCUT2D eigenvalue weighted by Gasteiger charge is 2.06. The fourth-order valence-corrected chi connectivity index (χ4v) is 2.24. The number of aliphatic imine (C=N–C) groups is 1. The molecule has 0 saturated carbocycles. The highest BCUT2D eigenvalue weighted by atomic mass is 16.1. The van der Waals surface area contributed by atoms with Gasteiger partial charge in [0, 0.05) is 38.9 Å². The van der Waals surface area contributed by atoms with Crippen molar-refractivity contribution in [2.45, 2.75) is 20.0 Å². The molecule has 2 rings (SSSR count). The molecule has 0 saturated heterocycles. The smallest absolute Gasteiger partial charge is 0.251 e. The van der Waals surface area contributed by atoms with Gasteiger partial charge in [0.1, 0.15) is 0 Å². The molecule has 128 valence electrons. The van der Waals surface area contributed by atoms with E-state index in [9.17, 15) is 4.79 Å². The minimum Gasteiger partial charge on any atom is -0.352 e. The van der Waals surface area contributed by atoms with Crippen LogP contribution < -0.4 is 16.0 Å². The van der Waals surface area contributed by atoms with Crippen LogP contribution in [0.4, 0.5) is 0 Å². The van der Waals surface area contributed by atoms with Crippen LogP contribution >= 0.6 is 0 Å². The Bertz CT molecular complexity index is 707. The lowest BCUT2D eigenvalue weighted by atomic mass is 10.1. The second-order valence-electron chi connectivity index (χ2n) is 5.29. The van der Waals surface area contributed by atoms with Crippen molar-refractivity contribution in [3.8, 4) is 0 Å². The van der Waals surface area contributed by atoms with Crippen molar-refractivity contribution in [3.63, 3.8) is 0 Å². The second kappa shape index (κ2) is 8.71. The van der Waals surface area contributed by atoms with Gasteiger partial charge in [-0.25, -0.2) is 0 Å². The number of aryl methyl sites for hydroxylation is 1. The number of nitrogens with zero attached hydrogens (tertiary/aromatic N) is 3. The van der Waals surface area contributed by atoms with E-state index in [-0.39, 0.29) is 5.91 Å². The quantitative estimate of drug-likeness (QED) is 0.546. The van der Waals surface area contributed by atoms with E-state index < -0.39 is 0 Å². The Morgan fingerprint density at radius 2 is 2.00 bits per heavy atom. The maximum Gasteiger partial charge on any atom is 0.251 e. The van der Waals surface area contributed by atoms with Gasteiger partial charge in [-0.05, 0) is 30.7 Å². The molecule has 7 heteroatoms. The van der Waals surface area contributed by atoms with Crippen LogP contribution in [0.2, 0.25) is 0 Å². The zero-order valence-corrected chi connectivity index (χ0v) is 14.3. The summed E-state index contributed by atoms with van der Waals surface area (Å²) in [4.78, 5) is 16.1. The number of carbonyl (C=O) groups excluding carboxylic acids is 1. The van der Waals surface area contributed by atoms with Crippen LogP contribution in [0.5, 0.6) is 0 Å². The van der Waals surface area contributed by atoms with Gasteiger partial charge in [0.15, 0.2) is 5.96 Å². The number of aromatic nitrogens is 2. The highest BCUT2D eigenvalue weighted by molar-refractivity contribution is 5.94. The molecule has 0 spiro atoms. The van der Waals surface area contributed by atoms with Crippen LogP contribution in [0.25, 0.3) is 0 Å². The Morgan fingerprint density at radius 1 is 1.21 bits per heavy atom. The van der Waals surface area contributed by atoms with E-state index in [1.54, 1.807) is 13.2 Å². The maximum atomic E-state index is 11.9. The van der Waals surface area contributed by atoms with E-state index in [4.69, 9.17) is 0 Å². The Balaban J connectivity index is 1.90. The lowest BCUT2D eigenvalue weighted by Gasteiger charge is -2.12. The van der Waals surface area contributed by atoms with Gasteiger partial charge < -0.3 is 16.0 Å². The first-order chi connectivity index (χ1) is 11.6. The van der Waals surface area contributed by atoms with E-state index in [2.05, 4.69) is 26.0 Å². The third kappa shape index (κ3) is 4.84. The van der Waals surface area contributed by atoms with Crippen LogP contribution in [0, 0.1) is 0 Å². The van der Waals surface area contributed by atoms with Gasteiger partial charge in [-0.3, -0.25) is 14.5 Å². The molecule has 1 heterocycles. The molecule has 0 radical (unpaired) electrons. The van der Waals surface area contributed by atoms with Crippen molar-refractivity contribution in [1.82, 2.24) is 25.7 Å². The fourth-order valence-electron chi connectivity index (χ4n) is 2.24. The summed E-state index contributed by atoms with van der Waals surface area (Å²) in [5, 5.41) is 13.4. The lowest BCUT2D eigenvalue weighted by molar-refractivity contribution is 0.0955. The third-order valence-corrected chi connectivity index (χ3v) is 3.57. The minimum absolute atomic E-state index is 0.0573. The molecule has 2 aromatic rings. The maximum absolute atomic E-state index is 11.9. The number of hydrogen-bond donors (Lipinski definition) is 3. The molecule has 24 heavy (non-hydrogen) atoms. The Labute approximate surface area is 142 Å². The summed E-state index contributed by atoms with van der Waals surface area (Å²) < 4.78 is 1.82. The van der Waals surface area contributed by atoms with Crippen molar-refractivity contribution in [2.24, 2.45) is 12.0 Å². The van der Waals surface area contributed by atoms with E-state index in [0.717, 1.165) is 11.3 Å². The predicted molar refractivity (Wildman–Crippen MR) is 94.7 cm³/mol. The van der Waals surface area contributed by atoms with Crippen molar-refractivity contribution < 1.29 is 4.79 Å². The van der Waals surface area contributed by atoms with Crippen molar-refractivity contribution in [2.75, 3.05) is 13.6 Å². The van der Waals surface area contributed by atoms with E-state index in [1.165, 1.54) is 0 Å². The number of carbonyl (C=O) groups is 1. The molecule has 0 aliphatic carbocycles. The number of nitrogens with one attached hydrogen (secondary N) is 3. The van der Waals surface area contributed by atoms with Crippen molar-refractivity contribution >= 4 is 11.9 Å². The number of guanidine groups is 1. The van der Waals surface area contributed by atoms with Crippen LogP contribution in [-0.2, 0) is 20.1 Å². The van der Waals surface area contributed by atoms with Crippen LogP contribution in [0.3, 0.4) is 0 Å². The summed E-state index contributed by atoms with van der Waals surface area (Å²) in [5.74, 6) is 0.637. The molecule has 1 amide bonds. The van der Waals surface area contributed by atoms with Gasteiger partial charge in [-0.1, -0.05) is 12.1 Å².